The van der Waals surface area contributed by atoms with Gasteiger partial charge in [-0.2, -0.15) is 5.10 Å². The summed E-state index contributed by atoms with van der Waals surface area (Å²) in [6.07, 6.45) is -1.71. The number of carbonyl (C=O) groups excluding carboxylic acids is 2. The molecule has 0 fully saturated rings. The number of ether oxygens (including phenoxy) is 2. The summed E-state index contributed by atoms with van der Waals surface area (Å²) in [6.45, 7) is 0.00718. The van der Waals surface area contributed by atoms with E-state index in [9.17, 15) is 14.4 Å². The van der Waals surface area contributed by atoms with Crippen molar-refractivity contribution in [1.29, 1.82) is 0 Å². The number of rotatable bonds is 8. The summed E-state index contributed by atoms with van der Waals surface area (Å²) in [4.78, 5) is 35.9. The molecule has 3 aromatic rings. The van der Waals surface area contributed by atoms with Gasteiger partial charge in [-0.3, -0.25) is 9.48 Å². The van der Waals surface area contributed by atoms with Gasteiger partial charge in [0.25, 0.3) is 5.91 Å². The first-order valence-corrected chi connectivity index (χ1v) is 10.6. The fourth-order valence-corrected chi connectivity index (χ4v) is 4.04. The van der Waals surface area contributed by atoms with Crippen LogP contribution in [-0.4, -0.2) is 59.2 Å². The predicted octanol–water partition coefficient (Wildman–Crippen LogP) is 2.61. The van der Waals surface area contributed by atoms with Crippen molar-refractivity contribution in [2.75, 3.05) is 25.6 Å². The van der Waals surface area contributed by atoms with Crippen LogP contribution in [0.2, 0.25) is 0 Å². The Bertz CT molecular complexity index is 1190. The third-order valence-corrected chi connectivity index (χ3v) is 5.70. The predicted molar refractivity (Wildman–Crippen MR) is 123 cm³/mol. The molecular formula is C24H24N4O6. The van der Waals surface area contributed by atoms with E-state index in [-0.39, 0.29) is 30.6 Å². The van der Waals surface area contributed by atoms with E-state index >= 15 is 0 Å². The first kappa shape index (κ1) is 23.0. The topological polar surface area (TPSA) is 132 Å². The Balaban J connectivity index is 1.32. The number of nitrogens with zero attached hydrogens (tertiary/aromatic N) is 2. The fourth-order valence-electron chi connectivity index (χ4n) is 4.04. The van der Waals surface area contributed by atoms with E-state index in [1.165, 1.54) is 20.2 Å². The molecule has 0 radical (unpaired) electrons. The number of aromatic carboxylic acids is 1. The first-order chi connectivity index (χ1) is 16.4. The second kappa shape index (κ2) is 9.75. The Labute approximate surface area is 195 Å². The normalized spacial score (nSPS) is 13.0. The van der Waals surface area contributed by atoms with E-state index in [1.54, 1.807) is 0 Å². The van der Waals surface area contributed by atoms with Crippen LogP contribution >= 0.6 is 0 Å². The number of hydrogen-bond donors (Lipinski definition) is 3. The Morgan fingerprint density at radius 1 is 1.09 bits per heavy atom. The van der Waals surface area contributed by atoms with E-state index < -0.39 is 24.1 Å². The number of nitrogens with one attached hydrogen (secondary N) is 2. The van der Waals surface area contributed by atoms with Crippen LogP contribution in [0.5, 0.6) is 0 Å². The summed E-state index contributed by atoms with van der Waals surface area (Å²) in [5, 5.41) is 18.0. The number of alkyl carbamates (subject to hydrolysis) is 1. The summed E-state index contributed by atoms with van der Waals surface area (Å²) in [5.41, 5.74) is 4.37. The maximum absolute atomic E-state index is 12.5. The van der Waals surface area contributed by atoms with Crippen molar-refractivity contribution in [1.82, 2.24) is 15.1 Å². The molecule has 176 valence electrons. The molecule has 1 atom stereocenters. The van der Waals surface area contributed by atoms with E-state index in [0.29, 0.717) is 0 Å². The van der Waals surface area contributed by atoms with Gasteiger partial charge in [0, 0.05) is 26.1 Å². The van der Waals surface area contributed by atoms with Gasteiger partial charge in [-0.1, -0.05) is 48.5 Å². The highest BCUT2D eigenvalue weighted by atomic mass is 16.5. The number of amides is 2. The first-order valence-electron chi connectivity index (χ1n) is 10.6. The van der Waals surface area contributed by atoms with Crippen molar-refractivity contribution in [3.8, 4) is 11.1 Å². The van der Waals surface area contributed by atoms with Gasteiger partial charge in [0.15, 0.2) is 11.9 Å². The lowest BCUT2D eigenvalue weighted by Crippen LogP contribution is -2.41. The molecule has 1 aliphatic rings. The number of methoxy groups -OCH3 is 1. The van der Waals surface area contributed by atoms with Gasteiger partial charge >= 0.3 is 12.1 Å². The van der Waals surface area contributed by atoms with E-state index in [0.717, 1.165) is 26.9 Å². The molecular weight excluding hydrogens is 440 g/mol. The minimum atomic E-state index is -1.17. The zero-order valence-corrected chi connectivity index (χ0v) is 18.6. The minimum absolute atomic E-state index is 0.0630. The molecule has 1 aliphatic carbocycles. The molecule has 0 saturated heterocycles. The number of anilines is 1. The molecule has 0 aliphatic heterocycles. The second-order valence-corrected chi connectivity index (χ2v) is 7.76. The number of aromatic nitrogens is 2. The van der Waals surface area contributed by atoms with Crippen molar-refractivity contribution in [2.24, 2.45) is 7.05 Å². The molecule has 0 spiro atoms. The Kier molecular flexibility index (Phi) is 6.60. The van der Waals surface area contributed by atoms with Crippen LogP contribution in [0.25, 0.3) is 11.1 Å². The van der Waals surface area contributed by atoms with Gasteiger partial charge in [0.2, 0.25) is 0 Å². The van der Waals surface area contributed by atoms with E-state index in [1.807, 2.05) is 36.4 Å². The average Bonchev–Trinajstić information content (AvgIpc) is 3.35. The lowest BCUT2D eigenvalue weighted by molar-refractivity contribution is -0.125. The van der Waals surface area contributed by atoms with Gasteiger partial charge in [-0.25, -0.2) is 9.59 Å². The largest absolute Gasteiger partial charge is 0.477 e. The van der Waals surface area contributed by atoms with Crippen molar-refractivity contribution < 1.29 is 29.0 Å². The number of hydrogen-bond acceptors (Lipinski definition) is 6. The number of carboxylic acids is 1. The maximum Gasteiger partial charge on any atom is 0.407 e. The summed E-state index contributed by atoms with van der Waals surface area (Å²) in [5.74, 6) is -1.77. The Morgan fingerprint density at radius 2 is 1.71 bits per heavy atom. The highest BCUT2D eigenvalue weighted by Gasteiger charge is 2.29. The van der Waals surface area contributed by atoms with Crippen molar-refractivity contribution >= 4 is 23.8 Å². The Morgan fingerprint density at radius 3 is 2.26 bits per heavy atom. The molecule has 0 bridgehead atoms. The molecule has 10 heteroatoms. The van der Waals surface area contributed by atoms with Crippen molar-refractivity contribution in [3.05, 3.63) is 71.4 Å². The standard InChI is InChI=1S/C24H24N4O6/c1-28-19(23(30)31)11-21(27-28)26-22(29)20(33-2)12-25-24(32)34-13-18-16-9-5-3-7-14(16)15-8-4-6-10-17(15)18/h3-11,18,20H,12-13H2,1-2H3,(H,25,32)(H,30,31)(H,26,27,29). The van der Waals surface area contributed by atoms with E-state index in [2.05, 4.69) is 27.9 Å². The summed E-state index contributed by atoms with van der Waals surface area (Å²) >= 11 is 0. The molecule has 1 aromatic heterocycles. The molecule has 2 aromatic carbocycles. The van der Waals surface area contributed by atoms with Crippen LogP contribution in [0.4, 0.5) is 10.6 Å². The van der Waals surface area contributed by atoms with Crippen LogP contribution in [-0.2, 0) is 21.3 Å². The van der Waals surface area contributed by atoms with Crippen LogP contribution in [0, 0.1) is 0 Å². The number of aryl methyl sites for hydroxylation is 1. The summed E-state index contributed by atoms with van der Waals surface area (Å²) in [7, 11) is 2.77. The van der Waals surface area contributed by atoms with Crippen LogP contribution < -0.4 is 10.6 Å². The molecule has 0 saturated carbocycles. The van der Waals surface area contributed by atoms with Gasteiger partial charge in [-0.15, -0.1) is 0 Å². The third kappa shape index (κ3) is 4.62. The lowest BCUT2D eigenvalue weighted by Gasteiger charge is -2.17. The third-order valence-electron chi connectivity index (χ3n) is 5.70. The van der Waals surface area contributed by atoms with Crippen LogP contribution in [0.1, 0.15) is 27.5 Å². The van der Waals surface area contributed by atoms with Crippen LogP contribution in [0.15, 0.2) is 54.6 Å². The van der Waals surface area contributed by atoms with Gasteiger partial charge < -0.3 is 25.2 Å². The zero-order valence-electron chi connectivity index (χ0n) is 18.6. The number of carbonyl (C=O) groups is 3. The highest BCUT2D eigenvalue weighted by molar-refractivity contribution is 5.95. The maximum atomic E-state index is 12.5. The van der Waals surface area contributed by atoms with Crippen molar-refractivity contribution in [2.45, 2.75) is 12.0 Å². The van der Waals surface area contributed by atoms with Crippen molar-refractivity contribution in [3.63, 3.8) is 0 Å². The monoisotopic (exact) mass is 464 g/mol. The SMILES string of the molecule is COC(CNC(=O)OCC1c2ccccc2-c2ccccc21)C(=O)Nc1cc(C(=O)O)n(C)n1. The zero-order chi connectivity index (χ0) is 24.2. The summed E-state index contributed by atoms with van der Waals surface area (Å²) in [6, 6.07) is 17.3. The molecule has 1 unspecified atom stereocenters. The van der Waals surface area contributed by atoms with Gasteiger partial charge in [0.1, 0.15) is 12.3 Å². The van der Waals surface area contributed by atoms with E-state index in [4.69, 9.17) is 14.6 Å². The molecule has 1 heterocycles. The smallest absolute Gasteiger partial charge is 0.407 e. The quantitative estimate of drug-likeness (QED) is 0.467. The number of carboxylic acid groups (broad SMARTS) is 1. The molecule has 4 rings (SSSR count). The molecule has 34 heavy (non-hydrogen) atoms. The molecule has 2 amide bonds. The number of fused-ring (bicyclic) bond motifs is 3. The number of benzene rings is 2. The second-order valence-electron chi connectivity index (χ2n) is 7.76. The lowest BCUT2D eigenvalue weighted by atomic mass is 9.98. The van der Waals surface area contributed by atoms with Gasteiger partial charge in [0.05, 0.1) is 6.54 Å². The van der Waals surface area contributed by atoms with Crippen LogP contribution in [0.3, 0.4) is 0 Å². The fraction of sp³-hybridized carbons (Fsp3) is 0.250. The summed E-state index contributed by atoms with van der Waals surface area (Å²) < 4.78 is 11.8. The van der Waals surface area contributed by atoms with Gasteiger partial charge in [-0.05, 0) is 22.3 Å². The molecule has 10 nitrogen and oxygen atoms in total. The Hall–Kier alpha value is -4.18. The average molecular weight is 464 g/mol. The minimum Gasteiger partial charge on any atom is -0.477 e. The highest BCUT2D eigenvalue weighted by Crippen LogP contribution is 2.44. The molecule has 3 N–H and O–H groups in total.